The summed E-state index contributed by atoms with van der Waals surface area (Å²) in [5.74, 6) is 0.620. The van der Waals surface area contributed by atoms with Gasteiger partial charge in [-0.15, -0.1) is 0 Å². The molecule has 0 bridgehead atoms. The van der Waals surface area contributed by atoms with Crippen molar-refractivity contribution in [1.29, 1.82) is 0 Å². The van der Waals surface area contributed by atoms with E-state index in [1.165, 1.54) is 0 Å². The third-order valence-electron chi connectivity index (χ3n) is 4.37. The number of H-pyrrole nitrogens is 1. The molecule has 0 atom stereocenters. The van der Waals surface area contributed by atoms with E-state index >= 15 is 0 Å². The number of hydrogen-bond acceptors (Lipinski definition) is 4. The Bertz CT molecular complexity index is 838. The van der Waals surface area contributed by atoms with Crippen LogP contribution in [-0.2, 0) is 9.59 Å². The summed E-state index contributed by atoms with van der Waals surface area (Å²) in [5, 5.41) is 3.18. The van der Waals surface area contributed by atoms with E-state index < -0.39 is 0 Å². The second-order valence-electron chi connectivity index (χ2n) is 5.79. The van der Waals surface area contributed by atoms with Crippen molar-refractivity contribution in [2.45, 2.75) is 27.2 Å². The lowest BCUT2D eigenvalue weighted by Gasteiger charge is -2.18. The first kappa shape index (κ1) is 15.2. The molecule has 1 aromatic heterocycles. The maximum absolute atomic E-state index is 12.4. The highest BCUT2D eigenvalue weighted by atomic mass is 16.1. The topological polar surface area (TPSA) is 74.8 Å². The first-order valence-corrected chi connectivity index (χ1v) is 7.64. The zero-order valence-electron chi connectivity index (χ0n) is 13.5. The summed E-state index contributed by atoms with van der Waals surface area (Å²) in [7, 11) is 0. The molecule has 0 fully saturated rings. The highest BCUT2D eigenvalue weighted by Crippen LogP contribution is 2.26. The van der Waals surface area contributed by atoms with Gasteiger partial charge in [0, 0.05) is 28.8 Å². The molecule has 0 amide bonds. The number of allylic oxidation sites excluding steroid dienone is 3. The number of para-hydroxylation sites is 2. The van der Waals surface area contributed by atoms with Gasteiger partial charge in [-0.2, -0.15) is 0 Å². The number of carbonyl (C=O) groups excluding carboxylic acids is 2. The Balaban J connectivity index is 1.71. The van der Waals surface area contributed by atoms with Crippen molar-refractivity contribution in [2.75, 3.05) is 11.9 Å². The summed E-state index contributed by atoms with van der Waals surface area (Å²) in [5.41, 5.74) is 4.12. The maximum Gasteiger partial charge on any atom is 0.201 e. The van der Waals surface area contributed by atoms with E-state index in [0.717, 1.165) is 11.0 Å². The lowest BCUT2D eigenvalue weighted by atomic mass is 9.84. The number of nitrogens with one attached hydrogen (secondary N) is 2. The SMILES string of the molecule is CC1=C(C)C(=O)C(CCNc2nc3ccccc3[nH]2)=C(C)C1=O. The molecule has 0 radical (unpaired) electrons. The van der Waals surface area contributed by atoms with Gasteiger partial charge in [-0.05, 0) is 39.3 Å². The largest absolute Gasteiger partial charge is 0.355 e. The van der Waals surface area contributed by atoms with E-state index in [2.05, 4.69) is 15.3 Å². The van der Waals surface area contributed by atoms with Gasteiger partial charge < -0.3 is 10.3 Å². The van der Waals surface area contributed by atoms with Gasteiger partial charge in [-0.3, -0.25) is 9.59 Å². The van der Waals surface area contributed by atoms with Gasteiger partial charge in [0.1, 0.15) is 0 Å². The Morgan fingerprint density at radius 3 is 2.43 bits per heavy atom. The molecule has 0 saturated carbocycles. The summed E-state index contributed by atoms with van der Waals surface area (Å²) in [6, 6.07) is 7.78. The first-order valence-electron chi connectivity index (χ1n) is 7.64. The fourth-order valence-electron chi connectivity index (χ4n) is 2.80. The molecule has 1 aromatic carbocycles. The number of aromatic nitrogens is 2. The number of aromatic amines is 1. The third-order valence-corrected chi connectivity index (χ3v) is 4.37. The number of anilines is 1. The van der Waals surface area contributed by atoms with Crippen LogP contribution in [0.1, 0.15) is 27.2 Å². The number of ketones is 2. The standard InChI is InChI=1S/C18H19N3O2/c1-10-11(2)17(23)13(12(3)16(10)22)8-9-19-18-20-14-6-4-5-7-15(14)21-18/h4-7H,8-9H2,1-3H3,(H2,19,20,21). The van der Waals surface area contributed by atoms with Gasteiger partial charge in [0.05, 0.1) is 11.0 Å². The van der Waals surface area contributed by atoms with Gasteiger partial charge in [0.15, 0.2) is 11.6 Å². The van der Waals surface area contributed by atoms with Crippen molar-refractivity contribution in [1.82, 2.24) is 9.97 Å². The highest BCUT2D eigenvalue weighted by molar-refractivity contribution is 6.24. The minimum Gasteiger partial charge on any atom is -0.355 e. The van der Waals surface area contributed by atoms with E-state index in [4.69, 9.17) is 0 Å². The minimum atomic E-state index is -0.0270. The molecule has 0 unspecified atom stereocenters. The summed E-state index contributed by atoms with van der Waals surface area (Å²) >= 11 is 0. The Morgan fingerprint density at radius 2 is 1.70 bits per heavy atom. The van der Waals surface area contributed by atoms with E-state index in [1.807, 2.05) is 24.3 Å². The zero-order valence-corrected chi connectivity index (χ0v) is 13.5. The fourth-order valence-corrected chi connectivity index (χ4v) is 2.80. The molecule has 0 spiro atoms. The number of fused-ring (bicyclic) bond motifs is 1. The Hall–Kier alpha value is -2.69. The predicted molar refractivity (Wildman–Crippen MR) is 90.3 cm³/mol. The summed E-state index contributed by atoms with van der Waals surface area (Å²) < 4.78 is 0. The molecule has 0 aliphatic heterocycles. The predicted octanol–water partition coefficient (Wildman–Crippen LogP) is 3.17. The molecule has 5 heteroatoms. The number of hydrogen-bond donors (Lipinski definition) is 2. The minimum absolute atomic E-state index is 0.0222. The second-order valence-corrected chi connectivity index (χ2v) is 5.79. The van der Waals surface area contributed by atoms with Crippen molar-refractivity contribution in [3.8, 4) is 0 Å². The second kappa shape index (κ2) is 5.83. The van der Waals surface area contributed by atoms with Crippen LogP contribution in [0.25, 0.3) is 11.0 Å². The Labute approximate surface area is 134 Å². The third kappa shape index (κ3) is 2.70. The number of Topliss-reactive ketones (excluding diaryl/α,β-unsaturated/α-hetero) is 2. The normalized spacial score (nSPS) is 15.8. The van der Waals surface area contributed by atoms with Crippen molar-refractivity contribution in [3.63, 3.8) is 0 Å². The Morgan fingerprint density at radius 1 is 1.00 bits per heavy atom. The van der Waals surface area contributed by atoms with Crippen LogP contribution in [0.2, 0.25) is 0 Å². The van der Waals surface area contributed by atoms with Crippen LogP contribution in [-0.4, -0.2) is 28.1 Å². The van der Waals surface area contributed by atoms with Crippen LogP contribution in [0, 0.1) is 0 Å². The summed E-state index contributed by atoms with van der Waals surface area (Å²) in [6.45, 7) is 5.70. The molecule has 0 saturated heterocycles. The van der Waals surface area contributed by atoms with Crippen LogP contribution in [0.15, 0.2) is 46.6 Å². The van der Waals surface area contributed by atoms with Crippen LogP contribution < -0.4 is 5.32 Å². The number of nitrogens with zero attached hydrogens (tertiary/aromatic N) is 1. The average molecular weight is 309 g/mol. The number of benzene rings is 1. The molecular weight excluding hydrogens is 290 g/mol. The smallest absolute Gasteiger partial charge is 0.201 e. The number of imidazole rings is 1. The van der Waals surface area contributed by atoms with Gasteiger partial charge in [-0.1, -0.05) is 12.1 Å². The van der Waals surface area contributed by atoms with Gasteiger partial charge >= 0.3 is 0 Å². The number of rotatable bonds is 4. The molecule has 118 valence electrons. The molecule has 3 rings (SSSR count). The monoisotopic (exact) mass is 309 g/mol. The summed E-state index contributed by atoms with van der Waals surface area (Å²) in [6.07, 6.45) is 0.498. The van der Waals surface area contributed by atoms with Gasteiger partial charge in [-0.25, -0.2) is 4.98 Å². The molecule has 1 heterocycles. The average Bonchev–Trinajstić information content (AvgIpc) is 2.97. The van der Waals surface area contributed by atoms with Gasteiger partial charge in [0.2, 0.25) is 5.95 Å². The zero-order chi connectivity index (χ0) is 16.6. The lowest BCUT2D eigenvalue weighted by molar-refractivity contribution is -0.116. The van der Waals surface area contributed by atoms with E-state index in [0.29, 0.717) is 41.2 Å². The van der Waals surface area contributed by atoms with Gasteiger partial charge in [0.25, 0.3) is 0 Å². The number of carbonyl (C=O) groups is 2. The van der Waals surface area contributed by atoms with Crippen molar-refractivity contribution in [3.05, 3.63) is 46.6 Å². The van der Waals surface area contributed by atoms with E-state index in [9.17, 15) is 9.59 Å². The van der Waals surface area contributed by atoms with Crippen LogP contribution in [0.3, 0.4) is 0 Å². The first-order chi connectivity index (χ1) is 11.0. The van der Waals surface area contributed by atoms with E-state index in [1.54, 1.807) is 20.8 Å². The molecule has 5 nitrogen and oxygen atoms in total. The molecule has 1 aliphatic rings. The lowest BCUT2D eigenvalue weighted by Crippen LogP contribution is -2.22. The van der Waals surface area contributed by atoms with Crippen molar-refractivity contribution < 1.29 is 9.59 Å². The highest BCUT2D eigenvalue weighted by Gasteiger charge is 2.27. The summed E-state index contributed by atoms with van der Waals surface area (Å²) in [4.78, 5) is 32.1. The van der Waals surface area contributed by atoms with Crippen LogP contribution >= 0.6 is 0 Å². The molecule has 2 N–H and O–H groups in total. The molecule has 1 aliphatic carbocycles. The van der Waals surface area contributed by atoms with Crippen molar-refractivity contribution >= 4 is 28.5 Å². The maximum atomic E-state index is 12.4. The van der Waals surface area contributed by atoms with Crippen LogP contribution in [0.4, 0.5) is 5.95 Å². The molecular formula is C18H19N3O2. The molecule has 23 heavy (non-hydrogen) atoms. The van der Waals surface area contributed by atoms with E-state index in [-0.39, 0.29) is 11.6 Å². The van der Waals surface area contributed by atoms with Crippen molar-refractivity contribution in [2.24, 2.45) is 0 Å². The Kier molecular flexibility index (Phi) is 3.86. The van der Waals surface area contributed by atoms with Crippen LogP contribution in [0.5, 0.6) is 0 Å². The molecule has 2 aromatic rings. The fraction of sp³-hybridized carbons (Fsp3) is 0.278. The quantitative estimate of drug-likeness (QED) is 0.851.